The molecule has 0 heterocycles. The molecular weight excluding hydrogens is 354 g/mol. The molecule has 5 rings (SSSR count). The van der Waals surface area contributed by atoms with Gasteiger partial charge in [-0.3, -0.25) is 9.59 Å². The molecule has 26 heavy (non-hydrogen) atoms. The summed E-state index contributed by atoms with van der Waals surface area (Å²) in [5.41, 5.74) is -0.491. The van der Waals surface area contributed by atoms with Gasteiger partial charge in [-0.05, 0) is 62.0 Å². The molecule has 2 unspecified atom stereocenters. The normalized spacial score (nSPS) is 34.5. The molecule has 1 aromatic rings. The van der Waals surface area contributed by atoms with Crippen LogP contribution in [0.1, 0.15) is 44.1 Å². The maximum Gasteiger partial charge on any atom is 0.312 e. The molecule has 4 aliphatic carbocycles. The highest BCUT2D eigenvalue weighted by molar-refractivity contribution is 6.31. The van der Waals surface area contributed by atoms with Crippen molar-refractivity contribution in [2.75, 3.05) is 6.61 Å². The lowest BCUT2D eigenvalue weighted by atomic mass is 9.48. The predicted molar refractivity (Wildman–Crippen MR) is 96.3 cm³/mol. The molecule has 4 fully saturated rings. The lowest BCUT2D eigenvalue weighted by molar-refractivity contribution is -0.196. The van der Waals surface area contributed by atoms with Crippen LogP contribution < -0.4 is 5.32 Å². The van der Waals surface area contributed by atoms with Crippen LogP contribution in [0.2, 0.25) is 5.02 Å². The summed E-state index contributed by atoms with van der Waals surface area (Å²) in [6.07, 6.45) is 4.76. The summed E-state index contributed by atoms with van der Waals surface area (Å²) in [5, 5.41) is 14.0. The van der Waals surface area contributed by atoms with E-state index >= 15 is 0 Å². The van der Waals surface area contributed by atoms with E-state index < -0.39 is 11.0 Å². The highest BCUT2D eigenvalue weighted by Crippen LogP contribution is 2.61. The zero-order valence-electron chi connectivity index (χ0n) is 14.7. The number of hydrogen-bond donors (Lipinski definition) is 2. The molecule has 0 spiro atoms. The minimum Gasteiger partial charge on any atom is -0.455 e. The molecular formula is C20H24ClNO4. The molecule has 140 valence electrons. The summed E-state index contributed by atoms with van der Waals surface area (Å²) in [6, 6.07) is 7.28. The first-order valence-corrected chi connectivity index (χ1v) is 9.65. The standard InChI is InChI=1S/C20H24ClNO4/c21-16-4-2-1-3-15(16)10-22-17(23)11-26-18(24)19-6-13-5-14(7-19)9-20(25,8-13)12-19/h1-4,13-14,25H,5-12H2,(H,22,23)/t13-,14+,19?,20?. The van der Waals surface area contributed by atoms with Crippen molar-refractivity contribution in [3.63, 3.8) is 0 Å². The van der Waals surface area contributed by atoms with Crippen LogP contribution >= 0.6 is 11.6 Å². The summed E-state index contributed by atoms with van der Waals surface area (Å²) in [4.78, 5) is 24.8. The van der Waals surface area contributed by atoms with Crippen LogP contribution in [0.5, 0.6) is 0 Å². The van der Waals surface area contributed by atoms with Gasteiger partial charge < -0.3 is 15.2 Å². The average molecular weight is 378 g/mol. The van der Waals surface area contributed by atoms with Crippen LogP contribution in [0.4, 0.5) is 0 Å². The van der Waals surface area contributed by atoms with Gasteiger partial charge in [0, 0.05) is 11.6 Å². The Kier molecular flexibility index (Phi) is 4.48. The van der Waals surface area contributed by atoms with Crippen molar-refractivity contribution in [3.05, 3.63) is 34.9 Å². The fourth-order valence-corrected chi connectivity index (χ4v) is 5.83. The molecule has 0 saturated heterocycles. The number of esters is 1. The van der Waals surface area contributed by atoms with Crippen molar-refractivity contribution in [2.45, 2.75) is 50.7 Å². The first-order valence-electron chi connectivity index (χ1n) is 9.27. The Labute approximate surface area is 158 Å². The van der Waals surface area contributed by atoms with Gasteiger partial charge in [-0.2, -0.15) is 0 Å². The molecule has 5 nitrogen and oxygen atoms in total. The van der Waals surface area contributed by atoms with Gasteiger partial charge in [0.1, 0.15) is 0 Å². The number of carbonyl (C=O) groups is 2. The molecule has 4 saturated carbocycles. The molecule has 0 aromatic heterocycles. The molecule has 1 amide bonds. The molecule has 0 aliphatic heterocycles. The predicted octanol–water partition coefficient (Wildman–Crippen LogP) is 2.83. The number of benzene rings is 1. The number of carbonyl (C=O) groups excluding carboxylic acids is 2. The van der Waals surface area contributed by atoms with E-state index in [-0.39, 0.29) is 18.5 Å². The first kappa shape index (κ1) is 17.8. The number of hydrogen-bond acceptors (Lipinski definition) is 4. The molecule has 4 aliphatic rings. The van der Waals surface area contributed by atoms with E-state index in [2.05, 4.69) is 5.32 Å². The van der Waals surface area contributed by atoms with Crippen LogP contribution in [-0.4, -0.2) is 29.2 Å². The van der Waals surface area contributed by atoms with Crippen LogP contribution in [0.15, 0.2) is 24.3 Å². The monoisotopic (exact) mass is 377 g/mol. The van der Waals surface area contributed by atoms with E-state index in [0.717, 1.165) is 37.7 Å². The van der Waals surface area contributed by atoms with Crippen LogP contribution in [0, 0.1) is 17.3 Å². The van der Waals surface area contributed by atoms with E-state index in [0.29, 0.717) is 29.8 Å². The van der Waals surface area contributed by atoms with Crippen molar-refractivity contribution >= 4 is 23.5 Å². The lowest BCUT2D eigenvalue weighted by Crippen LogP contribution is -2.58. The van der Waals surface area contributed by atoms with E-state index in [9.17, 15) is 14.7 Å². The number of rotatable bonds is 5. The second-order valence-electron chi connectivity index (χ2n) is 8.41. The van der Waals surface area contributed by atoms with Gasteiger partial charge in [-0.1, -0.05) is 29.8 Å². The highest BCUT2D eigenvalue weighted by atomic mass is 35.5. The molecule has 4 atom stereocenters. The summed E-state index contributed by atoms with van der Waals surface area (Å²) in [7, 11) is 0. The van der Waals surface area contributed by atoms with E-state index in [1.165, 1.54) is 0 Å². The van der Waals surface area contributed by atoms with Gasteiger partial charge in [-0.15, -0.1) is 0 Å². The second-order valence-corrected chi connectivity index (χ2v) is 8.82. The minimum absolute atomic E-state index is 0.293. The van der Waals surface area contributed by atoms with Crippen LogP contribution in [0.25, 0.3) is 0 Å². The van der Waals surface area contributed by atoms with Gasteiger partial charge in [0.05, 0.1) is 11.0 Å². The Morgan fingerprint density at radius 3 is 2.54 bits per heavy atom. The van der Waals surface area contributed by atoms with Gasteiger partial charge >= 0.3 is 5.97 Å². The zero-order valence-corrected chi connectivity index (χ0v) is 15.4. The second kappa shape index (κ2) is 6.54. The molecule has 4 bridgehead atoms. The first-order chi connectivity index (χ1) is 12.4. The van der Waals surface area contributed by atoms with Gasteiger partial charge in [-0.25, -0.2) is 0 Å². The van der Waals surface area contributed by atoms with Gasteiger partial charge in [0.2, 0.25) is 0 Å². The number of nitrogens with one attached hydrogen (secondary N) is 1. The van der Waals surface area contributed by atoms with Gasteiger partial charge in [0.25, 0.3) is 5.91 Å². The van der Waals surface area contributed by atoms with Crippen LogP contribution in [0.3, 0.4) is 0 Å². The third-order valence-electron chi connectivity index (χ3n) is 6.23. The molecule has 0 radical (unpaired) electrons. The Morgan fingerprint density at radius 1 is 1.19 bits per heavy atom. The fraction of sp³-hybridized carbons (Fsp3) is 0.600. The summed E-state index contributed by atoms with van der Waals surface area (Å²) in [6.45, 7) is 0.00387. The van der Waals surface area contributed by atoms with Crippen molar-refractivity contribution < 1.29 is 19.4 Å². The number of ether oxygens (including phenoxy) is 1. The number of halogens is 1. The molecule has 1 aromatic carbocycles. The number of aliphatic hydroxyl groups is 1. The zero-order chi connectivity index (χ0) is 18.4. The van der Waals surface area contributed by atoms with Crippen LogP contribution in [-0.2, 0) is 20.9 Å². The summed E-state index contributed by atoms with van der Waals surface area (Å²) < 4.78 is 5.36. The lowest BCUT2D eigenvalue weighted by Gasteiger charge is -2.58. The molecule has 6 heteroatoms. The number of amides is 1. The maximum absolute atomic E-state index is 12.7. The van der Waals surface area contributed by atoms with Crippen molar-refractivity contribution in [1.29, 1.82) is 0 Å². The Hall–Kier alpha value is -1.59. The SMILES string of the molecule is O=C(COC(=O)C12C[C@@H]3C[C@@H](CC(O)(C3)C1)C2)NCc1ccccc1Cl. The average Bonchev–Trinajstić information content (AvgIpc) is 2.56. The third kappa shape index (κ3) is 3.35. The van der Waals surface area contributed by atoms with Crippen molar-refractivity contribution in [1.82, 2.24) is 5.32 Å². The van der Waals surface area contributed by atoms with Gasteiger partial charge in [0.15, 0.2) is 6.61 Å². The third-order valence-corrected chi connectivity index (χ3v) is 6.60. The Bertz CT molecular complexity index is 720. The van der Waals surface area contributed by atoms with Crippen molar-refractivity contribution in [2.24, 2.45) is 17.3 Å². The topological polar surface area (TPSA) is 75.6 Å². The van der Waals surface area contributed by atoms with E-state index in [1.807, 2.05) is 18.2 Å². The Morgan fingerprint density at radius 2 is 1.88 bits per heavy atom. The molecule has 2 N–H and O–H groups in total. The fourth-order valence-electron chi connectivity index (χ4n) is 5.62. The Balaban J connectivity index is 1.31. The van der Waals surface area contributed by atoms with E-state index in [1.54, 1.807) is 6.07 Å². The van der Waals surface area contributed by atoms with E-state index in [4.69, 9.17) is 16.3 Å². The summed E-state index contributed by atoms with van der Waals surface area (Å²) in [5.74, 6) is 0.144. The summed E-state index contributed by atoms with van der Waals surface area (Å²) >= 11 is 6.06. The smallest absolute Gasteiger partial charge is 0.312 e. The highest BCUT2D eigenvalue weighted by Gasteiger charge is 2.60. The quantitative estimate of drug-likeness (QED) is 0.774. The largest absolute Gasteiger partial charge is 0.455 e. The minimum atomic E-state index is -0.713. The van der Waals surface area contributed by atoms with Crippen molar-refractivity contribution in [3.8, 4) is 0 Å². The maximum atomic E-state index is 12.7.